The summed E-state index contributed by atoms with van der Waals surface area (Å²) in [6, 6.07) is 11.3. The van der Waals surface area contributed by atoms with Gasteiger partial charge in [-0.05, 0) is 22.6 Å². The van der Waals surface area contributed by atoms with E-state index in [2.05, 4.69) is 12.1 Å². The fourth-order valence-corrected chi connectivity index (χ4v) is 4.10. The number of rotatable bonds is 1. The number of ketones is 1. The van der Waals surface area contributed by atoms with Crippen molar-refractivity contribution in [3.63, 3.8) is 0 Å². The first kappa shape index (κ1) is 17.3. The maximum Gasteiger partial charge on any atom is 0.176 e. The first-order valence-electron chi connectivity index (χ1n) is 8.01. The molecule has 1 aromatic rings. The quantitative estimate of drug-likeness (QED) is 0.800. The fourth-order valence-electron chi connectivity index (χ4n) is 3.83. The molecule has 0 heterocycles. The maximum atomic E-state index is 12.6. The van der Waals surface area contributed by atoms with Gasteiger partial charge < -0.3 is 5.11 Å². The van der Waals surface area contributed by atoms with Crippen molar-refractivity contribution in [2.75, 3.05) is 0 Å². The van der Waals surface area contributed by atoms with Gasteiger partial charge in [0.2, 0.25) is 0 Å². The van der Waals surface area contributed by atoms with Crippen LogP contribution in [0.15, 0.2) is 47.2 Å². The number of fused-ring (bicyclic) bond motifs is 1. The van der Waals surface area contributed by atoms with E-state index in [9.17, 15) is 20.4 Å². The maximum absolute atomic E-state index is 12.6. The summed E-state index contributed by atoms with van der Waals surface area (Å²) in [5.41, 5.74) is -0.995. The lowest BCUT2D eigenvalue weighted by Crippen LogP contribution is -2.39. The third-order valence-electron chi connectivity index (χ3n) is 4.97. The van der Waals surface area contributed by atoms with Crippen molar-refractivity contribution in [2.24, 2.45) is 10.8 Å². The molecule has 0 saturated heterocycles. The Morgan fingerprint density at radius 1 is 1.24 bits per heavy atom. The van der Waals surface area contributed by atoms with Gasteiger partial charge in [-0.1, -0.05) is 49.7 Å². The van der Waals surface area contributed by atoms with Crippen molar-refractivity contribution in [3.8, 4) is 12.1 Å². The number of carbonyl (C=O) groups is 1. The average molecular weight is 353 g/mol. The molecule has 0 amide bonds. The molecule has 0 bridgehead atoms. The van der Waals surface area contributed by atoms with Gasteiger partial charge in [-0.15, -0.1) is 0 Å². The number of nitrogens with zero attached hydrogens (tertiary/aromatic N) is 2. The zero-order chi connectivity index (χ0) is 18.4. The Morgan fingerprint density at radius 3 is 2.48 bits per heavy atom. The number of Topliss-reactive ketones (excluding diaryl/α,β-unsaturated/α-hetero) is 1. The number of hydrogen-bond acceptors (Lipinski definition) is 4. The van der Waals surface area contributed by atoms with E-state index >= 15 is 0 Å². The molecule has 0 radical (unpaired) electrons. The summed E-state index contributed by atoms with van der Waals surface area (Å²) in [6.45, 7) is 3.76. The Bertz CT molecular complexity index is 898. The van der Waals surface area contributed by atoms with E-state index < -0.39 is 16.7 Å². The van der Waals surface area contributed by atoms with Gasteiger partial charge in [-0.2, -0.15) is 10.5 Å². The van der Waals surface area contributed by atoms with Gasteiger partial charge in [0, 0.05) is 23.8 Å². The smallest absolute Gasteiger partial charge is 0.176 e. The number of hydrogen-bond donors (Lipinski definition) is 1. The molecule has 0 fully saturated rings. The van der Waals surface area contributed by atoms with Gasteiger partial charge in [0.1, 0.15) is 5.76 Å². The highest BCUT2D eigenvalue weighted by Gasteiger charge is 2.53. The molecule has 4 nitrogen and oxygen atoms in total. The molecular weight excluding hydrogens is 336 g/mol. The first-order chi connectivity index (χ1) is 11.8. The Kier molecular flexibility index (Phi) is 3.98. The van der Waals surface area contributed by atoms with Crippen LogP contribution in [0.4, 0.5) is 0 Å². The standard InChI is InChI=1S/C20H17ClN2O2/c1-19(2)8-14-18(17(25)9-19)16(24)7-13(20(14,10-22)11-23)12-5-3-4-6-15(12)21/h3-6,8,13,24H,7,9H2,1-2H3. The van der Waals surface area contributed by atoms with E-state index in [0.29, 0.717) is 16.2 Å². The number of nitriles is 2. The molecule has 0 aliphatic heterocycles. The van der Waals surface area contributed by atoms with Crippen molar-refractivity contribution >= 4 is 17.4 Å². The zero-order valence-corrected chi connectivity index (χ0v) is 14.8. The van der Waals surface area contributed by atoms with E-state index in [1.807, 2.05) is 13.8 Å². The van der Waals surface area contributed by atoms with E-state index in [4.69, 9.17) is 11.6 Å². The Balaban J connectivity index is 2.33. The number of aliphatic hydroxyl groups is 1. The van der Waals surface area contributed by atoms with Gasteiger partial charge >= 0.3 is 0 Å². The normalized spacial score (nSPS) is 24.0. The minimum Gasteiger partial charge on any atom is -0.512 e. The van der Waals surface area contributed by atoms with Crippen LogP contribution in [0.3, 0.4) is 0 Å². The molecule has 0 aromatic heterocycles. The SMILES string of the molecule is CC1(C)C=C2C(=C(O)CC(c3ccccc3Cl)C2(C#N)C#N)C(=O)C1. The average Bonchev–Trinajstić information content (AvgIpc) is 2.54. The van der Waals surface area contributed by atoms with Crippen LogP contribution in [0.1, 0.15) is 38.2 Å². The highest BCUT2D eigenvalue weighted by molar-refractivity contribution is 6.31. The van der Waals surface area contributed by atoms with Crippen LogP contribution >= 0.6 is 11.6 Å². The zero-order valence-electron chi connectivity index (χ0n) is 14.0. The second kappa shape index (κ2) is 5.76. The molecule has 5 heteroatoms. The number of allylic oxidation sites excluding steroid dienone is 4. The number of aliphatic hydroxyl groups excluding tert-OH is 1. The molecule has 25 heavy (non-hydrogen) atoms. The Morgan fingerprint density at radius 2 is 1.88 bits per heavy atom. The van der Waals surface area contributed by atoms with Gasteiger partial charge in [-0.3, -0.25) is 4.79 Å². The predicted octanol–water partition coefficient (Wildman–Crippen LogP) is 4.60. The van der Waals surface area contributed by atoms with E-state index in [1.54, 1.807) is 30.3 Å². The van der Waals surface area contributed by atoms with Gasteiger partial charge in [0.25, 0.3) is 0 Å². The Hall–Kier alpha value is -2.56. The molecular formula is C20H17ClN2O2. The minimum absolute atomic E-state index is 0.0314. The van der Waals surface area contributed by atoms with Gasteiger partial charge in [-0.25, -0.2) is 0 Å². The van der Waals surface area contributed by atoms with E-state index in [0.717, 1.165) is 0 Å². The third kappa shape index (κ3) is 2.54. The van der Waals surface area contributed by atoms with E-state index in [-0.39, 0.29) is 30.0 Å². The molecule has 3 rings (SSSR count). The van der Waals surface area contributed by atoms with Crippen LogP contribution in [0.2, 0.25) is 5.02 Å². The first-order valence-corrected chi connectivity index (χ1v) is 8.39. The summed E-state index contributed by atoms with van der Waals surface area (Å²) in [7, 11) is 0. The molecule has 1 unspecified atom stereocenters. The van der Waals surface area contributed by atoms with Crippen LogP contribution in [0.25, 0.3) is 0 Å². The third-order valence-corrected chi connectivity index (χ3v) is 5.31. The minimum atomic E-state index is -1.57. The molecule has 126 valence electrons. The van der Waals surface area contributed by atoms with Gasteiger partial charge in [0.15, 0.2) is 11.2 Å². The van der Waals surface area contributed by atoms with Crippen LogP contribution in [0.5, 0.6) is 0 Å². The largest absolute Gasteiger partial charge is 0.512 e. The second-order valence-electron chi connectivity index (χ2n) is 7.28. The molecule has 2 aliphatic carbocycles. The topological polar surface area (TPSA) is 84.9 Å². The number of halogens is 1. The van der Waals surface area contributed by atoms with Crippen LogP contribution in [0, 0.1) is 33.5 Å². The van der Waals surface area contributed by atoms with Gasteiger partial charge in [0.05, 0.1) is 17.7 Å². The number of benzene rings is 1. The summed E-state index contributed by atoms with van der Waals surface area (Å²) < 4.78 is 0. The molecule has 0 saturated carbocycles. The molecule has 2 aliphatic rings. The molecule has 1 aromatic carbocycles. The Labute approximate surface area is 151 Å². The monoisotopic (exact) mass is 352 g/mol. The fraction of sp³-hybridized carbons (Fsp3) is 0.350. The molecule has 1 N–H and O–H groups in total. The van der Waals surface area contributed by atoms with Crippen molar-refractivity contribution in [1.29, 1.82) is 10.5 Å². The number of carbonyl (C=O) groups excluding carboxylic acids is 1. The van der Waals surface area contributed by atoms with Crippen molar-refractivity contribution in [2.45, 2.75) is 32.6 Å². The van der Waals surface area contributed by atoms with E-state index in [1.165, 1.54) is 0 Å². The van der Waals surface area contributed by atoms with Crippen LogP contribution in [-0.4, -0.2) is 10.9 Å². The van der Waals surface area contributed by atoms with Crippen molar-refractivity contribution in [1.82, 2.24) is 0 Å². The summed E-state index contributed by atoms with van der Waals surface area (Å²) in [4.78, 5) is 12.6. The highest BCUT2D eigenvalue weighted by Crippen LogP contribution is 2.55. The van der Waals surface area contributed by atoms with Crippen molar-refractivity contribution < 1.29 is 9.90 Å². The van der Waals surface area contributed by atoms with Crippen molar-refractivity contribution in [3.05, 3.63) is 57.8 Å². The predicted molar refractivity (Wildman–Crippen MR) is 93.6 cm³/mol. The highest BCUT2D eigenvalue weighted by atomic mass is 35.5. The summed E-state index contributed by atoms with van der Waals surface area (Å²) >= 11 is 6.30. The lowest BCUT2D eigenvalue weighted by Gasteiger charge is -2.41. The lowest BCUT2D eigenvalue weighted by molar-refractivity contribution is -0.117. The second-order valence-corrected chi connectivity index (χ2v) is 7.69. The lowest BCUT2D eigenvalue weighted by atomic mass is 9.58. The van der Waals surface area contributed by atoms with Crippen LogP contribution in [-0.2, 0) is 4.79 Å². The summed E-state index contributed by atoms with van der Waals surface area (Å²) in [5.74, 6) is -0.946. The summed E-state index contributed by atoms with van der Waals surface area (Å²) in [5, 5.41) is 30.9. The summed E-state index contributed by atoms with van der Waals surface area (Å²) in [6.07, 6.45) is 2.05. The molecule has 1 atom stereocenters. The molecule has 0 spiro atoms. The van der Waals surface area contributed by atoms with Crippen LogP contribution < -0.4 is 0 Å².